The average Bonchev–Trinajstić information content (AvgIpc) is 2.66. The van der Waals surface area contributed by atoms with E-state index in [4.69, 9.17) is 5.26 Å². The molecule has 0 unspecified atom stereocenters. The van der Waals surface area contributed by atoms with Gasteiger partial charge >= 0.3 is 0 Å². The van der Waals surface area contributed by atoms with Crippen molar-refractivity contribution in [2.45, 2.75) is 12.3 Å². The highest BCUT2D eigenvalue weighted by atomic mass is 32.2. The Labute approximate surface area is 159 Å². The van der Waals surface area contributed by atoms with Gasteiger partial charge in [-0.25, -0.2) is 0 Å². The number of hydrogen-bond acceptors (Lipinski definition) is 5. The predicted octanol–water partition coefficient (Wildman–Crippen LogP) is 2.78. The molecule has 6 heteroatoms. The molecule has 1 aromatic carbocycles. The van der Waals surface area contributed by atoms with Crippen molar-refractivity contribution >= 4 is 17.7 Å². The molecule has 136 valence electrons. The number of thioether (sulfide) groups is 1. The van der Waals surface area contributed by atoms with Crippen LogP contribution in [0.5, 0.6) is 0 Å². The Bertz CT molecular complexity index is 726. The van der Waals surface area contributed by atoms with Crippen molar-refractivity contribution in [2.75, 3.05) is 32.9 Å². The van der Waals surface area contributed by atoms with Crippen LogP contribution < -0.4 is 0 Å². The number of nitrogens with zero attached hydrogens (tertiary/aromatic N) is 4. The Kier molecular flexibility index (Phi) is 8.13. The molecule has 1 amide bonds. The minimum absolute atomic E-state index is 0.130. The lowest BCUT2D eigenvalue weighted by Crippen LogP contribution is -2.37. The number of pyridine rings is 1. The molecule has 0 aliphatic carbocycles. The number of amides is 1. The molecule has 2 aromatic rings. The van der Waals surface area contributed by atoms with E-state index in [1.165, 1.54) is 0 Å². The average molecular weight is 369 g/mol. The minimum Gasteiger partial charge on any atom is -0.336 e. The molecule has 0 atom stereocenters. The van der Waals surface area contributed by atoms with Crippen LogP contribution in [0.1, 0.15) is 16.7 Å². The second-order valence-corrected chi connectivity index (χ2v) is 7.27. The van der Waals surface area contributed by atoms with Gasteiger partial charge in [0.05, 0.1) is 17.4 Å². The molecule has 0 radical (unpaired) electrons. The van der Waals surface area contributed by atoms with E-state index in [1.54, 1.807) is 30.1 Å². The number of nitriles is 1. The van der Waals surface area contributed by atoms with Crippen molar-refractivity contribution in [2.24, 2.45) is 0 Å². The van der Waals surface area contributed by atoms with E-state index in [1.807, 2.05) is 49.5 Å². The third kappa shape index (κ3) is 6.87. The zero-order chi connectivity index (χ0) is 18.8. The first-order chi connectivity index (χ1) is 12.6. The Morgan fingerprint density at radius 1 is 1.15 bits per heavy atom. The third-order valence-electron chi connectivity index (χ3n) is 3.84. The van der Waals surface area contributed by atoms with Crippen molar-refractivity contribution in [1.29, 1.82) is 5.26 Å². The summed E-state index contributed by atoms with van der Waals surface area (Å²) in [5.74, 6) is 1.35. The van der Waals surface area contributed by atoms with Crippen molar-refractivity contribution in [1.82, 2.24) is 14.8 Å². The first-order valence-corrected chi connectivity index (χ1v) is 9.62. The Morgan fingerprint density at radius 3 is 2.54 bits per heavy atom. The molecular weight excluding hydrogens is 344 g/mol. The molecule has 5 nitrogen and oxygen atoms in total. The number of aromatic nitrogens is 1. The molecule has 0 spiro atoms. The van der Waals surface area contributed by atoms with Crippen molar-refractivity contribution in [3.05, 3.63) is 65.5 Å². The highest BCUT2D eigenvalue weighted by Gasteiger charge is 2.14. The smallest absolute Gasteiger partial charge is 0.232 e. The van der Waals surface area contributed by atoms with Gasteiger partial charge in [0.15, 0.2) is 0 Å². The normalized spacial score (nSPS) is 10.5. The first kappa shape index (κ1) is 20.0. The number of likely N-dealkylation sites (N-methyl/N-ethyl adjacent to an activating group) is 1. The summed E-state index contributed by atoms with van der Waals surface area (Å²) in [7, 11) is 4.00. The summed E-state index contributed by atoms with van der Waals surface area (Å²) in [5.41, 5.74) is 2.79. The fraction of sp³-hybridized carbons (Fsp3) is 0.350. The molecule has 0 aliphatic rings. The number of carbonyl (C=O) groups is 1. The van der Waals surface area contributed by atoms with E-state index in [9.17, 15) is 4.79 Å². The monoisotopic (exact) mass is 368 g/mol. The van der Waals surface area contributed by atoms with Crippen LogP contribution in [0.15, 0.2) is 48.8 Å². The Hall–Kier alpha value is -2.36. The topological polar surface area (TPSA) is 60.2 Å². The maximum atomic E-state index is 12.7. The standard InChI is InChI=1S/C20H24N4OS/c1-23(2)10-11-24(14-18-7-5-17(12-21)6-8-18)20(25)16-26-15-19-4-3-9-22-13-19/h3-9,13H,10-11,14-16H2,1-2H3. The summed E-state index contributed by atoms with van der Waals surface area (Å²) >= 11 is 1.61. The van der Waals surface area contributed by atoms with Crippen molar-refractivity contribution in [3.63, 3.8) is 0 Å². The number of carbonyl (C=O) groups excluding carboxylic acids is 1. The van der Waals surface area contributed by atoms with E-state index >= 15 is 0 Å². The number of rotatable bonds is 9. The van der Waals surface area contributed by atoms with Crippen LogP contribution in [0.25, 0.3) is 0 Å². The number of hydrogen-bond donors (Lipinski definition) is 0. The molecule has 0 aliphatic heterocycles. The lowest BCUT2D eigenvalue weighted by Gasteiger charge is -2.24. The molecule has 0 saturated carbocycles. The SMILES string of the molecule is CN(C)CCN(Cc1ccc(C#N)cc1)C(=O)CSCc1cccnc1. The van der Waals surface area contributed by atoms with Gasteiger partial charge in [-0.2, -0.15) is 5.26 Å². The highest BCUT2D eigenvalue weighted by Crippen LogP contribution is 2.13. The van der Waals surface area contributed by atoms with Crippen molar-refractivity contribution in [3.8, 4) is 6.07 Å². The second kappa shape index (κ2) is 10.6. The van der Waals surface area contributed by atoms with Gasteiger partial charge < -0.3 is 9.80 Å². The van der Waals surface area contributed by atoms with E-state index < -0.39 is 0 Å². The van der Waals surface area contributed by atoms with Crippen LogP contribution in [0, 0.1) is 11.3 Å². The molecule has 26 heavy (non-hydrogen) atoms. The zero-order valence-electron chi connectivity index (χ0n) is 15.3. The molecule has 0 bridgehead atoms. The van der Waals surface area contributed by atoms with Crippen LogP contribution >= 0.6 is 11.8 Å². The fourth-order valence-corrected chi connectivity index (χ4v) is 3.21. The quantitative estimate of drug-likeness (QED) is 0.681. The lowest BCUT2D eigenvalue weighted by molar-refractivity contribution is -0.129. The number of benzene rings is 1. The molecule has 0 fully saturated rings. The van der Waals surface area contributed by atoms with Crippen LogP contribution in [0.4, 0.5) is 0 Å². The summed E-state index contributed by atoms with van der Waals surface area (Å²) in [4.78, 5) is 20.7. The maximum Gasteiger partial charge on any atom is 0.232 e. The van der Waals surface area contributed by atoms with Gasteiger partial charge in [-0.1, -0.05) is 18.2 Å². The lowest BCUT2D eigenvalue weighted by atomic mass is 10.1. The fourth-order valence-electron chi connectivity index (χ4n) is 2.35. The van der Waals surface area contributed by atoms with Crippen LogP contribution in [0.3, 0.4) is 0 Å². The van der Waals surface area contributed by atoms with E-state index in [-0.39, 0.29) is 5.91 Å². The van der Waals surface area contributed by atoms with Gasteiger partial charge in [-0.05, 0) is 43.4 Å². The molecular formula is C20H24N4OS. The maximum absolute atomic E-state index is 12.7. The van der Waals surface area contributed by atoms with Gasteiger partial charge in [0.2, 0.25) is 5.91 Å². The second-order valence-electron chi connectivity index (χ2n) is 6.28. The van der Waals surface area contributed by atoms with E-state index in [0.717, 1.165) is 23.4 Å². The van der Waals surface area contributed by atoms with Gasteiger partial charge in [0.25, 0.3) is 0 Å². The molecule has 1 heterocycles. The molecule has 0 saturated heterocycles. The van der Waals surface area contributed by atoms with Crippen LogP contribution in [-0.2, 0) is 17.1 Å². The zero-order valence-corrected chi connectivity index (χ0v) is 16.1. The van der Waals surface area contributed by atoms with Gasteiger partial charge in [0, 0.05) is 37.8 Å². The molecule has 0 N–H and O–H groups in total. The summed E-state index contributed by atoms with van der Waals surface area (Å²) in [6.45, 7) is 2.06. The van der Waals surface area contributed by atoms with Gasteiger partial charge in [-0.15, -0.1) is 11.8 Å². The Morgan fingerprint density at radius 2 is 1.92 bits per heavy atom. The van der Waals surface area contributed by atoms with Gasteiger partial charge in [0.1, 0.15) is 0 Å². The largest absolute Gasteiger partial charge is 0.336 e. The van der Waals surface area contributed by atoms with Gasteiger partial charge in [-0.3, -0.25) is 9.78 Å². The highest BCUT2D eigenvalue weighted by molar-refractivity contribution is 7.99. The summed E-state index contributed by atoms with van der Waals surface area (Å²) in [6.07, 6.45) is 3.58. The first-order valence-electron chi connectivity index (χ1n) is 8.46. The van der Waals surface area contributed by atoms with Crippen molar-refractivity contribution < 1.29 is 4.79 Å². The van der Waals surface area contributed by atoms with Crippen LogP contribution in [-0.4, -0.2) is 53.6 Å². The van der Waals surface area contributed by atoms with E-state index in [2.05, 4.69) is 16.0 Å². The van der Waals surface area contributed by atoms with E-state index in [0.29, 0.717) is 24.4 Å². The summed E-state index contributed by atoms with van der Waals surface area (Å²) in [6, 6.07) is 13.5. The minimum atomic E-state index is 0.130. The Balaban J connectivity index is 1.93. The van der Waals surface area contributed by atoms with Crippen LogP contribution in [0.2, 0.25) is 0 Å². The summed E-state index contributed by atoms with van der Waals surface area (Å²) in [5, 5.41) is 8.91. The molecule has 1 aromatic heterocycles. The summed E-state index contributed by atoms with van der Waals surface area (Å²) < 4.78 is 0. The molecule has 2 rings (SSSR count). The third-order valence-corrected chi connectivity index (χ3v) is 4.83. The predicted molar refractivity (Wildman–Crippen MR) is 106 cm³/mol.